The fourth-order valence-corrected chi connectivity index (χ4v) is 6.88. The number of hydrogen-bond donors (Lipinski definition) is 1. The predicted molar refractivity (Wildman–Crippen MR) is 157 cm³/mol. The lowest BCUT2D eigenvalue weighted by Gasteiger charge is -2.29. The third-order valence-electron chi connectivity index (χ3n) is 7.29. The molecule has 210 valence electrons. The van der Waals surface area contributed by atoms with Crippen LogP contribution in [0, 0.1) is 0 Å². The zero-order valence-electron chi connectivity index (χ0n) is 22.7. The van der Waals surface area contributed by atoms with Gasteiger partial charge in [-0.1, -0.05) is 42.8 Å². The van der Waals surface area contributed by atoms with Gasteiger partial charge in [0.15, 0.2) is 9.84 Å². The van der Waals surface area contributed by atoms with Gasteiger partial charge in [-0.15, -0.1) is 0 Å². The summed E-state index contributed by atoms with van der Waals surface area (Å²) < 4.78 is 36.6. The van der Waals surface area contributed by atoms with Crippen LogP contribution >= 0.6 is 11.6 Å². The number of amides is 1. The SMILES string of the molecule is CCCS(=O)(=O)c1ccc2c(c1)CC(N(Cc1cc(Cl)ccc1OCCOC)C(=O)c1cc3ccccc3[nH]1)C2. The second-order valence-corrected chi connectivity index (χ2v) is 12.7. The summed E-state index contributed by atoms with van der Waals surface area (Å²) in [6.07, 6.45) is 1.73. The van der Waals surface area contributed by atoms with Crippen molar-refractivity contribution in [3.05, 3.63) is 94.1 Å². The van der Waals surface area contributed by atoms with Crippen LogP contribution in [0.5, 0.6) is 5.75 Å². The number of ether oxygens (including phenoxy) is 2. The van der Waals surface area contributed by atoms with Gasteiger partial charge >= 0.3 is 0 Å². The number of H-pyrrole nitrogens is 1. The minimum absolute atomic E-state index is 0.112. The Morgan fingerprint density at radius 1 is 1.02 bits per heavy atom. The van der Waals surface area contributed by atoms with Crippen molar-refractivity contribution in [2.75, 3.05) is 26.1 Å². The van der Waals surface area contributed by atoms with Crippen LogP contribution in [-0.2, 0) is 34.0 Å². The van der Waals surface area contributed by atoms with Crippen LogP contribution in [0.25, 0.3) is 10.9 Å². The van der Waals surface area contributed by atoms with Crippen LogP contribution in [0.1, 0.15) is 40.5 Å². The van der Waals surface area contributed by atoms with Gasteiger partial charge < -0.3 is 19.4 Å². The van der Waals surface area contributed by atoms with E-state index in [2.05, 4.69) is 4.98 Å². The molecule has 0 bridgehead atoms. The van der Waals surface area contributed by atoms with Gasteiger partial charge in [0.1, 0.15) is 18.1 Å². The molecule has 1 atom stereocenters. The predicted octanol–water partition coefficient (Wildman–Crippen LogP) is 5.84. The number of nitrogens with zero attached hydrogens (tertiary/aromatic N) is 1. The lowest BCUT2D eigenvalue weighted by atomic mass is 10.1. The molecule has 1 amide bonds. The molecular weight excluding hydrogens is 548 g/mol. The number of methoxy groups -OCH3 is 1. The quantitative estimate of drug-likeness (QED) is 0.225. The van der Waals surface area contributed by atoms with E-state index in [0.29, 0.717) is 53.8 Å². The molecule has 5 rings (SSSR count). The van der Waals surface area contributed by atoms with Crippen molar-refractivity contribution < 1.29 is 22.7 Å². The highest BCUT2D eigenvalue weighted by molar-refractivity contribution is 7.91. The summed E-state index contributed by atoms with van der Waals surface area (Å²) in [6.45, 7) is 2.93. The van der Waals surface area contributed by atoms with Gasteiger partial charge in [0.25, 0.3) is 5.91 Å². The molecule has 0 spiro atoms. The monoisotopic (exact) mass is 580 g/mol. The molecule has 3 aromatic carbocycles. The molecule has 0 saturated carbocycles. The minimum Gasteiger partial charge on any atom is -0.491 e. The Kier molecular flexibility index (Phi) is 8.49. The largest absolute Gasteiger partial charge is 0.491 e. The van der Waals surface area contributed by atoms with E-state index in [0.717, 1.165) is 27.6 Å². The lowest BCUT2D eigenvalue weighted by molar-refractivity contribution is 0.0659. The minimum atomic E-state index is -3.34. The van der Waals surface area contributed by atoms with E-state index in [9.17, 15) is 13.2 Å². The average molecular weight is 581 g/mol. The van der Waals surface area contributed by atoms with Crippen LogP contribution in [0.3, 0.4) is 0 Å². The van der Waals surface area contributed by atoms with E-state index in [-0.39, 0.29) is 24.2 Å². The zero-order chi connectivity index (χ0) is 28.3. The smallest absolute Gasteiger partial charge is 0.270 e. The van der Waals surface area contributed by atoms with Crippen LogP contribution in [0.15, 0.2) is 71.6 Å². The maximum atomic E-state index is 14.1. The van der Waals surface area contributed by atoms with Crippen molar-refractivity contribution in [3.8, 4) is 5.75 Å². The van der Waals surface area contributed by atoms with Crippen molar-refractivity contribution in [1.29, 1.82) is 0 Å². The second-order valence-electron chi connectivity index (χ2n) is 10.1. The number of benzene rings is 3. The van der Waals surface area contributed by atoms with Crippen LogP contribution < -0.4 is 4.74 Å². The first-order valence-electron chi connectivity index (χ1n) is 13.4. The summed E-state index contributed by atoms with van der Waals surface area (Å²) in [5.74, 6) is 0.607. The van der Waals surface area contributed by atoms with Crippen molar-refractivity contribution in [2.45, 2.75) is 43.7 Å². The number of halogens is 1. The van der Waals surface area contributed by atoms with Crippen molar-refractivity contribution in [1.82, 2.24) is 9.88 Å². The molecule has 0 saturated heterocycles. The molecule has 1 aliphatic rings. The highest BCUT2D eigenvalue weighted by Gasteiger charge is 2.33. The van der Waals surface area contributed by atoms with Gasteiger partial charge in [0.05, 0.1) is 23.8 Å². The van der Waals surface area contributed by atoms with Gasteiger partial charge in [-0.25, -0.2) is 8.42 Å². The third-order valence-corrected chi connectivity index (χ3v) is 9.44. The van der Waals surface area contributed by atoms with Crippen LogP contribution in [0.2, 0.25) is 5.02 Å². The molecule has 1 unspecified atom stereocenters. The molecule has 0 radical (unpaired) electrons. The fourth-order valence-electron chi connectivity index (χ4n) is 5.31. The first-order chi connectivity index (χ1) is 19.3. The van der Waals surface area contributed by atoms with E-state index in [1.54, 1.807) is 25.3 Å². The number of carbonyl (C=O) groups excluding carboxylic acids is 1. The Bertz CT molecular complexity index is 1600. The van der Waals surface area contributed by atoms with E-state index < -0.39 is 9.84 Å². The molecular formula is C31H33ClN2O5S. The second kappa shape index (κ2) is 12.0. The number of rotatable bonds is 11. The van der Waals surface area contributed by atoms with Crippen molar-refractivity contribution in [2.24, 2.45) is 0 Å². The summed E-state index contributed by atoms with van der Waals surface area (Å²) in [6, 6.07) is 20.2. The molecule has 40 heavy (non-hydrogen) atoms. The maximum Gasteiger partial charge on any atom is 0.270 e. The summed E-state index contributed by atoms with van der Waals surface area (Å²) in [7, 11) is -1.73. The highest BCUT2D eigenvalue weighted by Crippen LogP contribution is 2.33. The number of nitrogens with one attached hydrogen (secondary N) is 1. The fraction of sp³-hybridized carbons (Fsp3) is 0.323. The van der Waals surface area contributed by atoms with Crippen molar-refractivity contribution >= 4 is 38.2 Å². The Morgan fingerprint density at radius 2 is 1.82 bits per heavy atom. The molecule has 1 heterocycles. The van der Waals surface area contributed by atoms with E-state index in [1.165, 1.54) is 0 Å². The maximum absolute atomic E-state index is 14.1. The Morgan fingerprint density at radius 3 is 2.60 bits per heavy atom. The summed E-state index contributed by atoms with van der Waals surface area (Å²) in [5.41, 5.74) is 4.18. The van der Waals surface area contributed by atoms with Crippen molar-refractivity contribution in [3.63, 3.8) is 0 Å². The van der Waals surface area contributed by atoms with Gasteiger partial charge in [-0.3, -0.25) is 4.79 Å². The Labute approximate surface area is 240 Å². The molecule has 4 aromatic rings. The normalized spacial score (nSPS) is 14.8. The molecule has 9 heteroatoms. The molecule has 7 nitrogen and oxygen atoms in total. The lowest BCUT2D eigenvalue weighted by Crippen LogP contribution is -2.40. The highest BCUT2D eigenvalue weighted by atomic mass is 35.5. The first kappa shape index (κ1) is 28.2. The molecule has 1 aliphatic carbocycles. The molecule has 0 aliphatic heterocycles. The zero-order valence-corrected chi connectivity index (χ0v) is 24.2. The van der Waals surface area contributed by atoms with Gasteiger partial charge in [-0.05, 0) is 72.9 Å². The summed E-state index contributed by atoms with van der Waals surface area (Å²) in [4.78, 5) is 19.6. The average Bonchev–Trinajstić information content (AvgIpc) is 3.56. The van der Waals surface area contributed by atoms with E-state index in [1.807, 2.05) is 60.4 Å². The van der Waals surface area contributed by atoms with Gasteiger partial charge in [0.2, 0.25) is 0 Å². The number of aromatic amines is 1. The first-order valence-corrected chi connectivity index (χ1v) is 15.5. The third kappa shape index (κ3) is 6.04. The van der Waals surface area contributed by atoms with Gasteiger partial charge in [-0.2, -0.15) is 0 Å². The number of fused-ring (bicyclic) bond motifs is 2. The van der Waals surface area contributed by atoms with Crippen LogP contribution in [-0.4, -0.2) is 56.3 Å². The number of carbonyl (C=O) groups is 1. The van der Waals surface area contributed by atoms with E-state index >= 15 is 0 Å². The molecule has 1 N–H and O–H groups in total. The van der Waals surface area contributed by atoms with Gasteiger partial charge in [0, 0.05) is 34.6 Å². The molecule has 0 fully saturated rings. The topological polar surface area (TPSA) is 88.7 Å². The Hall–Kier alpha value is -3.33. The molecule has 1 aromatic heterocycles. The number of aromatic nitrogens is 1. The Balaban J connectivity index is 1.49. The number of hydrogen-bond acceptors (Lipinski definition) is 5. The standard InChI is InChI=1S/C31H33ClN2O5S/c1-3-14-40(36,37)27-10-8-21-16-26(17-23(21)18-27)34(31(35)29-19-22-6-4-5-7-28(22)33-29)20-24-15-25(32)9-11-30(24)39-13-12-38-2/h4-11,15,18-19,26,33H,3,12-14,16-17,20H2,1-2H3. The number of para-hydroxylation sites is 1. The summed E-state index contributed by atoms with van der Waals surface area (Å²) >= 11 is 6.38. The van der Waals surface area contributed by atoms with E-state index in [4.69, 9.17) is 21.1 Å². The number of sulfone groups is 1. The summed E-state index contributed by atoms with van der Waals surface area (Å²) in [5, 5.41) is 1.50. The van der Waals surface area contributed by atoms with Crippen LogP contribution in [0.4, 0.5) is 0 Å².